The van der Waals surface area contributed by atoms with Crippen molar-refractivity contribution in [3.63, 3.8) is 0 Å². The molecule has 0 radical (unpaired) electrons. The molecule has 0 unspecified atom stereocenters. The van der Waals surface area contributed by atoms with Crippen LogP contribution in [0.5, 0.6) is 0 Å². The van der Waals surface area contributed by atoms with Crippen LogP contribution < -0.4 is 11.5 Å². The van der Waals surface area contributed by atoms with E-state index in [1.54, 1.807) is 11.8 Å². The van der Waals surface area contributed by atoms with Crippen molar-refractivity contribution in [2.45, 2.75) is 24.0 Å². The second kappa shape index (κ2) is 3.55. The van der Waals surface area contributed by atoms with Crippen molar-refractivity contribution in [3.05, 3.63) is 0 Å². The van der Waals surface area contributed by atoms with Gasteiger partial charge in [-0.1, -0.05) is 11.8 Å². The zero-order valence-electron chi connectivity index (χ0n) is 7.23. The predicted octanol–water partition coefficient (Wildman–Crippen LogP) is 0.216. The number of anilines is 1. The van der Waals surface area contributed by atoms with Crippen molar-refractivity contribution in [1.29, 1.82) is 0 Å². The number of nitrogens with two attached hydrogens (primary N) is 2. The SMILES string of the molecule is Nc1nc(SCC2CC(N)C2)n[nH]1. The topological polar surface area (TPSA) is 93.6 Å². The minimum Gasteiger partial charge on any atom is -0.368 e. The summed E-state index contributed by atoms with van der Waals surface area (Å²) in [6.45, 7) is 0. The number of aromatic nitrogens is 3. The van der Waals surface area contributed by atoms with E-state index < -0.39 is 0 Å². The first-order chi connectivity index (χ1) is 6.24. The van der Waals surface area contributed by atoms with Gasteiger partial charge in [-0.25, -0.2) is 5.10 Å². The third-order valence-corrected chi connectivity index (χ3v) is 3.28. The molecule has 0 amide bonds. The van der Waals surface area contributed by atoms with Gasteiger partial charge in [0.2, 0.25) is 11.1 Å². The van der Waals surface area contributed by atoms with Gasteiger partial charge in [-0.15, -0.1) is 5.10 Å². The van der Waals surface area contributed by atoms with Gasteiger partial charge in [0.05, 0.1) is 0 Å². The molecule has 0 spiro atoms. The molecule has 1 aliphatic rings. The van der Waals surface area contributed by atoms with Crippen molar-refractivity contribution >= 4 is 17.7 Å². The smallest absolute Gasteiger partial charge is 0.216 e. The number of H-pyrrole nitrogens is 1. The van der Waals surface area contributed by atoms with Crippen LogP contribution in [-0.2, 0) is 0 Å². The summed E-state index contributed by atoms with van der Waals surface area (Å²) < 4.78 is 0. The Hall–Kier alpha value is -0.750. The number of hydrogen-bond acceptors (Lipinski definition) is 5. The third kappa shape index (κ3) is 2.13. The highest BCUT2D eigenvalue weighted by molar-refractivity contribution is 7.99. The van der Waals surface area contributed by atoms with Crippen LogP contribution in [0.2, 0.25) is 0 Å². The molecule has 1 fully saturated rings. The maximum absolute atomic E-state index is 5.68. The number of aromatic amines is 1. The number of rotatable bonds is 3. The van der Waals surface area contributed by atoms with Gasteiger partial charge in [-0.2, -0.15) is 4.98 Å². The molecule has 0 atom stereocenters. The van der Waals surface area contributed by atoms with Crippen molar-refractivity contribution in [3.8, 4) is 0 Å². The van der Waals surface area contributed by atoms with Gasteiger partial charge in [0.15, 0.2) is 0 Å². The van der Waals surface area contributed by atoms with Crippen molar-refractivity contribution in [2.75, 3.05) is 11.5 Å². The monoisotopic (exact) mass is 199 g/mol. The summed E-state index contributed by atoms with van der Waals surface area (Å²) >= 11 is 1.64. The molecule has 6 heteroatoms. The Morgan fingerprint density at radius 1 is 1.54 bits per heavy atom. The number of nitrogen functional groups attached to an aromatic ring is 1. The second-order valence-corrected chi connectivity index (χ2v) is 4.40. The first-order valence-electron chi connectivity index (χ1n) is 4.30. The third-order valence-electron chi connectivity index (χ3n) is 2.20. The zero-order valence-corrected chi connectivity index (χ0v) is 8.05. The molecule has 1 aromatic rings. The Labute approximate surface area is 80.7 Å². The fourth-order valence-corrected chi connectivity index (χ4v) is 2.37. The highest BCUT2D eigenvalue weighted by atomic mass is 32.2. The molecule has 1 saturated carbocycles. The highest BCUT2D eigenvalue weighted by Gasteiger charge is 2.25. The summed E-state index contributed by atoms with van der Waals surface area (Å²) in [5, 5.41) is 7.28. The van der Waals surface area contributed by atoms with E-state index in [-0.39, 0.29) is 0 Å². The molecule has 2 rings (SSSR count). The van der Waals surface area contributed by atoms with Gasteiger partial charge in [0.1, 0.15) is 0 Å². The van der Waals surface area contributed by atoms with E-state index in [4.69, 9.17) is 11.5 Å². The van der Waals surface area contributed by atoms with E-state index >= 15 is 0 Å². The Kier molecular flexibility index (Phi) is 2.41. The highest BCUT2D eigenvalue weighted by Crippen LogP contribution is 2.30. The number of nitrogens with one attached hydrogen (secondary N) is 1. The first kappa shape index (κ1) is 8.83. The molecule has 5 N–H and O–H groups in total. The maximum atomic E-state index is 5.68. The van der Waals surface area contributed by atoms with Crippen LogP contribution in [0.1, 0.15) is 12.8 Å². The molecule has 1 heterocycles. The Balaban J connectivity index is 1.74. The number of hydrogen-bond donors (Lipinski definition) is 3. The normalized spacial score (nSPS) is 27.2. The van der Waals surface area contributed by atoms with Crippen molar-refractivity contribution < 1.29 is 0 Å². The molecule has 0 saturated heterocycles. The van der Waals surface area contributed by atoms with Gasteiger partial charge in [0, 0.05) is 11.8 Å². The van der Waals surface area contributed by atoms with Gasteiger partial charge >= 0.3 is 0 Å². The van der Waals surface area contributed by atoms with Crippen LogP contribution in [0.25, 0.3) is 0 Å². The Morgan fingerprint density at radius 2 is 2.31 bits per heavy atom. The van der Waals surface area contributed by atoms with Crippen LogP contribution in [-0.4, -0.2) is 27.0 Å². The number of thioether (sulfide) groups is 1. The zero-order chi connectivity index (χ0) is 9.26. The average Bonchev–Trinajstić information content (AvgIpc) is 2.43. The molecule has 5 nitrogen and oxygen atoms in total. The van der Waals surface area contributed by atoms with Gasteiger partial charge in [-0.3, -0.25) is 0 Å². The summed E-state index contributed by atoms with van der Waals surface area (Å²) in [6, 6.07) is 0.419. The summed E-state index contributed by atoms with van der Waals surface area (Å²) in [6.07, 6.45) is 2.26. The lowest BCUT2D eigenvalue weighted by molar-refractivity contribution is 0.295. The summed E-state index contributed by atoms with van der Waals surface area (Å²) in [5.41, 5.74) is 11.1. The van der Waals surface area contributed by atoms with Crippen LogP contribution >= 0.6 is 11.8 Å². The van der Waals surface area contributed by atoms with Gasteiger partial charge < -0.3 is 11.5 Å². The van der Waals surface area contributed by atoms with Crippen molar-refractivity contribution in [1.82, 2.24) is 15.2 Å². The Bertz CT molecular complexity index is 280. The molecule has 1 aliphatic carbocycles. The molecule has 0 aromatic carbocycles. The number of nitrogens with zero attached hydrogens (tertiary/aromatic N) is 2. The fraction of sp³-hybridized carbons (Fsp3) is 0.714. The van der Waals surface area contributed by atoms with E-state index in [0.717, 1.165) is 29.7 Å². The van der Waals surface area contributed by atoms with E-state index in [1.807, 2.05) is 0 Å². The second-order valence-electron chi connectivity index (χ2n) is 3.41. The minimum atomic E-state index is 0.382. The van der Waals surface area contributed by atoms with Crippen LogP contribution in [0.3, 0.4) is 0 Å². The summed E-state index contributed by atoms with van der Waals surface area (Å²) in [4.78, 5) is 4.00. The largest absolute Gasteiger partial charge is 0.368 e. The molecular weight excluding hydrogens is 186 g/mol. The average molecular weight is 199 g/mol. The van der Waals surface area contributed by atoms with Gasteiger partial charge in [-0.05, 0) is 18.8 Å². The van der Waals surface area contributed by atoms with E-state index in [2.05, 4.69) is 15.2 Å². The fourth-order valence-electron chi connectivity index (χ4n) is 1.44. The standard InChI is InChI=1S/C7H13N5S/c8-5-1-4(2-5)3-13-7-10-6(9)11-12-7/h4-5H,1-3,8H2,(H3,9,10,11,12). The summed E-state index contributed by atoms with van der Waals surface area (Å²) in [7, 11) is 0. The van der Waals surface area contributed by atoms with E-state index in [1.165, 1.54) is 0 Å². The molecular formula is C7H13N5S. The summed E-state index contributed by atoms with van der Waals surface area (Å²) in [5.74, 6) is 2.16. The minimum absolute atomic E-state index is 0.382. The quantitative estimate of drug-likeness (QED) is 0.605. The lowest BCUT2D eigenvalue weighted by Gasteiger charge is -2.31. The molecule has 0 aliphatic heterocycles. The maximum Gasteiger partial charge on any atom is 0.216 e. The lowest BCUT2D eigenvalue weighted by atomic mass is 9.82. The molecule has 72 valence electrons. The van der Waals surface area contributed by atoms with E-state index in [0.29, 0.717) is 12.0 Å². The molecule has 13 heavy (non-hydrogen) atoms. The predicted molar refractivity (Wildman–Crippen MR) is 52.2 cm³/mol. The van der Waals surface area contributed by atoms with E-state index in [9.17, 15) is 0 Å². The lowest BCUT2D eigenvalue weighted by Crippen LogP contribution is -2.37. The van der Waals surface area contributed by atoms with Crippen LogP contribution in [0, 0.1) is 5.92 Å². The van der Waals surface area contributed by atoms with Crippen LogP contribution in [0.4, 0.5) is 5.95 Å². The van der Waals surface area contributed by atoms with Crippen LogP contribution in [0.15, 0.2) is 5.16 Å². The molecule has 1 aromatic heterocycles. The first-order valence-corrected chi connectivity index (χ1v) is 5.29. The Morgan fingerprint density at radius 3 is 2.85 bits per heavy atom. The van der Waals surface area contributed by atoms with Crippen molar-refractivity contribution in [2.24, 2.45) is 11.7 Å². The van der Waals surface area contributed by atoms with Gasteiger partial charge in [0.25, 0.3) is 0 Å². The molecule has 0 bridgehead atoms.